The van der Waals surface area contributed by atoms with E-state index < -0.39 is 0 Å². The molecule has 0 aliphatic rings. The summed E-state index contributed by atoms with van der Waals surface area (Å²) >= 11 is 0. The normalized spacial score (nSPS) is 7.58. The van der Waals surface area contributed by atoms with Crippen LogP contribution >= 0.6 is 0 Å². The van der Waals surface area contributed by atoms with E-state index in [9.17, 15) is 4.79 Å². The van der Waals surface area contributed by atoms with Gasteiger partial charge in [0.05, 0.1) is 0 Å². The number of carbonyl (C=O) groups excluding carboxylic acids is 1. The van der Waals surface area contributed by atoms with Crippen molar-refractivity contribution in [2.75, 3.05) is 0 Å². The molecule has 0 bridgehead atoms. The molecule has 12 heavy (non-hydrogen) atoms. The van der Waals surface area contributed by atoms with Crippen molar-refractivity contribution in [2.45, 2.75) is 0 Å². The molecule has 0 amide bonds. The predicted molar refractivity (Wildman–Crippen MR) is 48.2 cm³/mol. The van der Waals surface area contributed by atoms with E-state index in [0.29, 0.717) is 12.2 Å². The van der Waals surface area contributed by atoms with Crippen LogP contribution in [-0.2, 0) is 4.79 Å². The van der Waals surface area contributed by atoms with E-state index in [1.807, 2.05) is 0 Å². The van der Waals surface area contributed by atoms with Gasteiger partial charge in [0.25, 0.3) is 6.47 Å². The van der Waals surface area contributed by atoms with Gasteiger partial charge in [0, 0.05) is 5.56 Å². The fourth-order valence-electron chi connectivity index (χ4n) is 0.685. The van der Waals surface area contributed by atoms with Gasteiger partial charge >= 0.3 is 29.6 Å². The summed E-state index contributed by atoms with van der Waals surface area (Å²) in [5, 5.41) is 0. The number of hydrogen-bond acceptors (Lipinski definition) is 2. The summed E-state index contributed by atoms with van der Waals surface area (Å²) in [7, 11) is 0. The van der Waals surface area contributed by atoms with Crippen molar-refractivity contribution in [3.8, 4) is 18.1 Å². The van der Waals surface area contributed by atoms with Crippen LogP contribution in [0.5, 0.6) is 5.75 Å². The van der Waals surface area contributed by atoms with Gasteiger partial charge in [-0.05, 0) is 24.3 Å². The van der Waals surface area contributed by atoms with Crippen LogP contribution in [0.25, 0.3) is 0 Å². The van der Waals surface area contributed by atoms with Gasteiger partial charge in [0.2, 0.25) is 0 Å². The predicted octanol–water partition coefficient (Wildman–Crippen LogP) is 0.555. The Bertz CT molecular complexity index is 284. The SMILES string of the molecule is C#Cc1ccc(OC=O)cc1.[NaH]. The number of hydrogen-bond donors (Lipinski definition) is 0. The summed E-state index contributed by atoms with van der Waals surface area (Å²) < 4.78 is 4.56. The van der Waals surface area contributed by atoms with Crippen molar-refractivity contribution in [1.82, 2.24) is 0 Å². The van der Waals surface area contributed by atoms with Gasteiger partial charge in [-0.3, -0.25) is 4.79 Å². The molecule has 1 rings (SSSR count). The van der Waals surface area contributed by atoms with Crippen molar-refractivity contribution < 1.29 is 9.53 Å². The maximum absolute atomic E-state index is 9.87. The topological polar surface area (TPSA) is 26.3 Å². The summed E-state index contributed by atoms with van der Waals surface area (Å²) in [6, 6.07) is 6.70. The summed E-state index contributed by atoms with van der Waals surface area (Å²) in [6.07, 6.45) is 5.11. The van der Waals surface area contributed by atoms with Crippen molar-refractivity contribution >= 4 is 36.0 Å². The average molecular weight is 170 g/mol. The molecule has 0 N–H and O–H groups in total. The summed E-state index contributed by atoms with van der Waals surface area (Å²) in [5.41, 5.74) is 0.767. The van der Waals surface area contributed by atoms with Gasteiger partial charge in [-0.25, -0.2) is 0 Å². The number of ether oxygens (including phenoxy) is 1. The number of rotatable bonds is 2. The Balaban J connectivity index is 0.00000121. The third-order valence-electron chi connectivity index (χ3n) is 1.21. The molecule has 1 aromatic rings. The molecule has 56 valence electrons. The molecular formula is C9H7NaO2. The molecule has 0 spiro atoms. The molecule has 0 aliphatic carbocycles. The Kier molecular flexibility index (Phi) is 5.48. The van der Waals surface area contributed by atoms with E-state index in [4.69, 9.17) is 6.42 Å². The zero-order valence-corrected chi connectivity index (χ0v) is 5.78. The molecule has 0 aromatic heterocycles. The van der Waals surface area contributed by atoms with Crippen LogP contribution in [0, 0.1) is 12.3 Å². The zero-order valence-electron chi connectivity index (χ0n) is 5.78. The zero-order chi connectivity index (χ0) is 8.10. The number of terminal acetylenes is 1. The third-order valence-corrected chi connectivity index (χ3v) is 1.21. The van der Waals surface area contributed by atoms with Crippen molar-refractivity contribution in [3.05, 3.63) is 29.8 Å². The second-order valence-corrected chi connectivity index (χ2v) is 1.88. The second kappa shape index (κ2) is 5.84. The molecule has 0 unspecified atom stereocenters. The van der Waals surface area contributed by atoms with Crippen LogP contribution in [0.1, 0.15) is 5.56 Å². The minimum absolute atomic E-state index is 0. The molecule has 0 heterocycles. The molecule has 2 nitrogen and oxygen atoms in total. The first-order valence-corrected chi connectivity index (χ1v) is 3.04. The Hall–Kier alpha value is -0.750. The monoisotopic (exact) mass is 170 g/mol. The Morgan fingerprint density at radius 1 is 1.33 bits per heavy atom. The number of carbonyl (C=O) groups is 1. The van der Waals surface area contributed by atoms with Crippen LogP contribution in [0.2, 0.25) is 0 Å². The molecule has 0 aliphatic heterocycles. The second-order valence-electron chi connectivity index (χ2n) is 1.88. The summed E-state index contributed by atoms with van der Waals surface area (Å²) in [5.74, 6) is 2.95. The maximum atomic E-state index is 9.87. The van der Waals surface area contributed by atoms with Gasteiger partial charge in [0.1, 0.15) is 5.75 Å². The van der Waals surface area contributed by atoms with E-state index in [2.05, 4.69) is 10.7 Å². The van der Waals surface area contributed by atoms with Crippen LogP contribution in [-0.4, -0.2) is 36.0 Å². The molecular weight excluding hydrogens is 163 g/mol. The van der Waals surface area contributed by atoms with E-state index in [1.165, 1.54) is 0 Å². The molecule has 1 aromatic carbocycles. The first-order chi connectivity index (χ1) is 5.36. The number of benzene rings is 1. The van der Waals surface area contributed by atoms with Gasteiger partial charge in [0.15, 0.2) is 0 Å². The van der Waals surface area contributed by atoms with Crippen molar-refractivity contribution in [2.24, 2.45) is 0 Å². The van der Waals surface area contributed by atoms with Gasteiger partial charge in [-0.2, -0.15) is 0 Å². The molecule has 0 fully saturated rings. The molecule has 0 saturated heterocycles. The van der Waals surface area contributed by atoms with E-state index in [1.54, 1.807) is 24.3 Å². The molecule has 0 radical (unpaired) electrons. The Morgan fingerprint density at radius 2 is 1.92 bits per heavy atom. The standard InChI is InChI=1S/C9H6O2.Na.H/c1-2-8-3-5-9(6-4-8)11-7-10;;/h1,3-7H;;. The third kappa shape index (κ3) is 3.10. The molecule has 0 atom stereocenters. The first-order valence-electron chi connectivity index (χ1n) is 3.04. The molecule has 3 heteroatoms. The van der Waals surface area contributed by atoms with Crippen LogP contribution in [0.3, 0.4) is 0 Å². The van der Waals surface area contributed by atoms with E-state index >= 15 is 0 Å². The fraction of sp³-hybridized carbons (Fsp3) is 0. The first kappa shape index (κ1) is 11.2. The van der Waals surface area contributed by atoms with Crippen molar-refractivity contribution in [1.29, 1.82) is 0 Å². The minimum atomic E-state index is 0. The average Bonchev–Trinajstić information content (AvgIpc) is 2.07. The van der Waals surface area contributed by atoms with E-state index in [-0.39, 0.29) is 29.6 Å². The van der Waals surface area contributed by atoms with Crippen LogP contribution in [0.15, 0.2) is 24.3 Å². The van der Waals surface area contributed by atoms with Crippen LogP contribution < -0.4 is 4.74 Å². The van der Waals surface area contributed by atoms with Gasteiger partial charge in [-0.1, -0.05) is 5.92 Å². The summed E-state index contributed by atoms with van der Waals surface area (Å²) in [6.45, 7) is 0.380. The quantitative estimate of drug-likeness (QED) is 0.368. The van der Waals surface area contributed by atoms with Crippen LogP contribution in [0.4, 0.5) is 0 Å². The van der Waals surface area contributed by atoms with E-state index in [0.717, 1.165) is 5.56 Å². The Morgan fingerprint density at radius 3 is 2.33 bits per heavy atom. The van der Waals surface area contributed by atoms with Gasteiger partial charge in [-0.15, -0.1) is 6.42 Å². The van der Waals surface area contributed by atoms with Gasteiger partial charge < -0.3 is 4.74 Å². The Labute approximate surface area is 93.2 Å². The summed E-state index contributed by atoms with van der Waals surface area (Å²) in [4.78, 5) is 9.87. The molecule has 0 saturated carbocycles. The van der Waals surface area contributed by atoms with Crippen molar-refractivity contribution in [3.63, 3.8) is 0 Å². The fourth-order valence-corrected chi connectivity index (χ4v) is 0.685.